The summed E-state index contributed by atoms with van der Waals surface area (Å²) in [6, 6.07) is -1.14. The van der Waals surface area contributed by atoms with Gasteiger partial charge in [-0.05, 0) is 12.8 Å². The Morgan fingerprint density at radius 2 is 0.870 bits per heavy atom. The van der Waals surface area contributed by atoms with Crippen molar-refractivity contribution in [1.82, 2.24) is 4.90 Å². The van der Waals surface area contributed by atoms with Gasteiger partial charge in [0.25, 0.3) is 0 Å². The third-order valence-corrected chi connectivity index (χ3v) is 9.26. The predicted octanol–water partition coefficient (Wildman–Crippen LogP) is 9.50. The van der Waals surface area contributed by atoms with Crippen LogP contribution in [0.25, 0.3) is 0 Å². The Balaban J connectivity index is 4.54. The zero-order valence-electron chi connectivity index (χ0n) is 30.0. The first-order chi connectivity index (χ1) is 22.4. The summed E-state index contributed by atoms with van der Waals surface area (Å²) in [6.45, 7) is 3.56. The van der Waals surface area contributed by atoms with E-state index in [2.05, 4.69) is 26.5 Å². The minimum atomic E-state index is -1.21. The topological polar surface area (TPSA) is 104 Å². The molecule has 0 saturated carbocycles. The minimum absolute atomic E-state index is 0.0528. The van der Waals surface area contributed by atoms with Crippen LogP contribution in [-0.2, 0) is 19.1 Å². The van der Waals surface area contributed by atoms with Gasteiger partial charge >= 0.3 is 5.97 Å². The Hall–Kier alpha value is -1.12. The van der Waals surface area contributed by atoms with E-state index in [1.807, 2.05) is 0 Å². The molecule has 0 unspecified atom stereocenters. The second kappa shape index (κ2) is 33.8. The van der Waals surface area contributed by atoms with Crippen molar-refractivity contribution < 1.29 is 29.3 Å². The molecule has 0 fully saturated rings. The van der Waals surface area contributed by atoms with Crippen LogP contribution in [0.3, 0.4) is 0 Å². The van der Waals surface area contributed by atoms with Crippen LogP contribution >= 0.6 is 12.6 Å². The molecule has 0 spiro atoms. The molecule has 2 atom stereocenters. The Bertz CT molecular complexity index is 679. The molecule has 8 heteroatoms. The first-order valence-electron chi connectivity index (χ1n) is 19.3. The number of carbonyl (C=O) groups is 3. The Kier molecular flexibility index (Phi) is 32.9. The summed E-state index contributed by atoms with van der Waals surface area (Å²) < 4.78 is 5.13. The summed E-state index contributed by atoms with van der Waals surface area (Å²) in [7, 11) is 0. The maximum absolute atomic E-state index is 13.3. The second-order valence-corrected chi connectivity index (χ2v) is 13.7. The van der Waals surface area contributed by atoms with E-state index in [-0.39, 0.29) is 30.4 Å². The fraction of sp³-hybridized carbons (Fsp3) is 0.921. The number of unbranched alkanes of at least 4 members (excludes halogenated alkanes) is 24. The van der Waals surface area contributed by atoms with E-state index in [4.69, 9.17) is 9.84 Å². The highest BCUT2D eigenvalue weighted by molar-refractivity contribution is 7.80. The highest BCUT2D eigenvalue weighted by Gasteiger charge is 2.34. The lowest BCUT2D eigenvalue weighted by molar-refractivity contribution is -0.162. The number of ether oxygens (including phenoxy) is 1. The number of amides is 2. The fourth-order valence-corrected chi connectivity index (χ4v) is 6.22. The van der Waals surface area contributed by atoms with Crippen LogP contribution in [0.2, 0.25) is 0 Å². The number of aliphatic hydroxyl groups excluding tert-OH is 2. The van der Waals surface area contributed by atoms with E-state index in [1.54, 1.807) is 0 Å². The van der Waals surface area contributed by atoms with Crippen molar-refractivity contribution in [3.05, 3.63) is 0 Å². The maximum Gasteiger partial charge on any atom is 0.330 e. The molecule has 0 saturated heterocycles. The summed E-state index contributed by atoms with van der Waals surface area (Å²) in [4.78, 5) is 40.5. The van der Waals surface area contributed by atoms with Gasteiger partial charge in [0.15, 0.2) is 0 Å². The largest absolute Gasteiger partial charge is 0.461 e. The van der Waals surface area contributed by atoms with Gasteiger partial charge in [0.2, 0.25) is 11.8 Å². The zero-order valence-corrected chi connectivity index (χ0v) is 30.9. The van der Waals surface area contributed by atoms with Crippen molar-refractivity contribution in [1.29, 1.82) is 0 Å². The molecule has 7 nitrogen and oxygen atoms in total. The van der Waals surface area contributed by atoms with Gasteiger partial charge in [-0.3, -0.25) is 14.5 Å². The highest BCUT2D eigenvalue weighted by Crippen LogP contribution is 2.18. The molecule has 0 aromatic rings. The van der Waals surface area contributed by atoms with Gasteiger partial charge in [0.1, 0.15) is 18.8 Å². The summed E-state index contributed by atoms with van der Waals surface area (Å²) in [6.07, 6.45) is 30.5. The summed E-state index contributed by atoms with van der Waals surface area (Å²) >= 11 is 4.28. The first-order valence-corrected chi connectivity index (χ1v) is 20.0. The number of thiol groups is 1. The first kappa shape index (κ1) is 44.9. The van der Waals surface area contributed by atoms with Crippen molar-refractivity contribution in [3.63, 3.8) is 0 Å². The lowest BCUT2D eigenvalue weighted by Crippen LogP contribution is -2.50. The molecule has 2 amide bonds. The monoisotopic (exact) mass is 672 g/mol. The normalized spacial score (nSPS) is 12.6. The molecular weight excluding hydrogens is 598 g/mol. The van der Waals surface area contributed by atoms with Crippen molar-refractivity contribution in [2.45, 2.75) is 206 Å². The van der Waals surface area contributed by atoms with Crippen LogP contribution in [0.5, 0.6) is 0 Å². The molecule has 0 aromatic carbocycles. The van der Waals surface area contributed by atoms with E-state index in [1.165, 1.54) is 116 Å². The zero-order chi connectivity index (χ0) is 34.1. The molecule has 0 rings (SSSR count). The average Bonchev–Trinajstić information content (AvgIpc) is 3.06. The third kappa shape index (κ3) is 25.9. The Morgan fingerprint density at radius 1 is 0.565 bits per heavy atom. The lowest BCUT2D eigenvalue weighted by Gasteiger charge is -2.28. The standard InChI is InChI=1S/C38H73NO6S/c1-3-5-7-9-11-13-15-17-19-21-23-25-27-29-36(42)39(35(33-46)38(44)45-32-34(41)31-40)37(43)30-28-26-24-22-20-18-16-14-12-10-8-6-4-2/h34-35,40-41,46H,3-33H2,1-2H3/t34-,35-/m0/s1. The molecule has 0 aliphatic carbocycles. The van der Waals surface area contributed by atoms with E-state index < -0.39 is 31.3 Å². The number of nitrogens with zero attached hydrogens (tertiary/aromatic N) is 1. The molecule has 0 aromatic heterocycles. The lowest BCUT2D eigenvalue weighted by atomic mass is 10.0. The van der Waals surface area contributed by atoms with Crippen molar-refractivity contribution in [2.24, 2.45) is 0 Å². The van der Waals surface area contributed by atoms with Gasteiger partial charge in [-0.25, -0.2) is 4.79 Å². The number of rotatable bonds is 34. The third-order valence-electron chi connectivity index (χ3n) is 8.91. The van der Waals surface area contributed by atoms with Gasteiger partial charge in [-0.1, -0.05) is 168 Å². The summed E-state index contributed by atoms with van der Waals surface area (Å²) in [5.41, 5.74) is 0. The molecular formula is C38H73NO6S. The van der Waals surface area contributed by atoms with Crippen LogP contribution in [0.1, 0.15) is 194 Å². The van der Waals surface area contributed by atoms with E-state index in [9.17, 15) is 19.5 Å². The van der Waals surface area contributed by atoms with Crippen LogP contribution in [0.15, 0.2) is 0 Å². The number of esters is 1. The minimum Gasteiger partial charge on any atom is -0.461 e. The second-order valence-electron chi connectivity index (χ2n) is 13.3. The van der Waals surface area contributed by atoms with Gasteiger partial charge < -0.3 is 14.9 Å². The molecule has 2 N–H and O–H groups in total. The summed E-state index contributed by atoms with van der Waals surface area (Å²) in [5, 5.41) is 18.7. The van der Waals surface area contributed by atoms with Crippen LogP contribution in [-0.4, -0.2) is 64.0 Å². The molecule has 0 aliphatic rings. The average molecular weight is 672 g/mol. The molecule has 0 bridgehead atoms. The van der Waals surface area contributed by atoms with E-state index >= 15 is 0 Å². The van der Waals surface area contributed by atoms with Crippen molar-refractivity contribution in [3.8, 4) is 0 Å². The fourth-order valence-electron chi connectivity index (χ4n) is 5.90. The SMILES string of the molecule is CCCCCCCCCCCCCCCC(=O)N(C(=O)CCCCCCCCCCCCCCC)[C@@H](CS)C(=O)OC[C@@H](O)CO. The highest BCUT2D eigenvalue weighted by atomic mass is 32.1. The van der Waals surface area contributed by atoms with Crippen LogP contribution in [0, 0.1) is 0 Å². The Morgan fingerprint density at radius 3 is 1.15 bits per heavy atom. The van der Waals surface area contributed by atoms with E-state index in [0.717, 1.165) is 43.4 Å². The molecule has 272 valence electrons. The number of carbonyl (C=O) groups excluding carboxylic acids is 3. The number of hydrogen-bond acceptors (Lipinski definition) is 7. The number of hydrogen-bond donors (Lipinski definition) is 3. The van der Waals surface area contributed by atoms with Crippen LogP contribution in [0.4, 0.5) is 0 Å². The number of imide groups is 1. The van der Waals surface area contributed by atoms with Crippen LogP contribution < -0.4 is 0 Å². The number of aliphatic hydroxyl groups is 2. The smallest absolute Gasteiger partial charge is 0.330 e. The van der Waals surface area contributed by atoms with Gasteiger partial charge in [0.05, 0.1) is 6.61 Å². The Labute approximate surface area is 288 Å². The molecule has 0 heterocycles. The van der Waals surface area contributed by atoms with Crippen molar-refractivity contribution >= 4 is 30.4 Å². The van der Waals surface area contributed by atoms with Crippen molar-refractivity contribution in [2.75, 3.05) is 19.0 Å². The van der Waals surface area contributed by atoms with E-state index in [0.29, 0.717) is 12.8 Å². The molecule has 0 radical (unpaired) electrons. The quantitative estimate of drug-likeness (QED) is 0.0358. The maximum atomic E-state index is 13.3. The predicted molar refractivity (Wildman–Crippen MR) is 194 cm³/mol. The van der Waals surface area contributed by atoms with Gasteiger partial charge in [-0.2, -0.15) is 12.6 Å². The molecule has 46 heavy (non-hydrogen) atoms. The molecule has 0 aliphatic heterocycles. The van der Waals surface area contributed by atoms with Gasteiger partial charge in [0, 0.05) is 18.6 Å². The summed E-state index contributed by atoms with van der Waals surface area (Å²) in [5.74, 6) is -1.55. The van der Waals surface area contributed by atoms with Gasteiger partial charge in [-0.15, -0.1) is 0 Å².